The molecule has 0 radical (unpaired) electrons. The van der Waals surface area contributed by atoms with Crippen LogP contribution in [-0.2, 0) is 9.53 Å². The van der Waals surface area contributed by atoms with Crippen LogP contribution in [0.4, 0.5) is 30.8 Å². The summed E-state index contributed by atoms with van der Waals surface area (Å²) in [7, 11) is 1.48. The molecule has 9 nitrogen and oxygen atoms in total. The largest absolute Gasteiger partial charge is 0.379 e. The van der Waals surface area contributed by atoms with Gasteiger partial charge < -0.3 is 20.3 Å². The Labute approximate surface area is 217 Å². The molecular weight excluding hydrogens is 499 g/mol. The topological polar surface area (TPSA) is 97.2 Å². The highest BCUT2D eigenvalue weighted by Crippen LogP contribution is 2.36. The summed E-state index contributed by atoms with van der Waals surface area (Å²) in [6.45, 7) is 0.945. The Morgan fingerprint density at radius 2 is 1.74 bits per heavy atom. The lowest BCUT2D eigenvalue weighted by Crippen LogP contribution is -2.37. The first kappa shape index (κ1) is 24.9. The molecule has 202 valence electrons. The van der Waals surface area contributed by atoms with Crippen LogP contribution in [0.3, 0.4) is 0 Å². The quantitative estimate of drug-likeness (QED) is 0.473. The Morgan fingerprint density at radius 3 is 2.39 bits per heavy atom. The van der Waals surface area contributed by atoms with E-state index in [0.717, 1.165) is 38.5 Å². The SMILES string of the molecule is CN(c1c(F)cc(F)cc1F)c1nc2cnc(NC3CCC(C(=O)NC4CC4)CC3)nc2n1C1CCOC1. The Bertz CT molecular complexity index is 1330. The van der Waals surface area contributed by atoms with E-state index in [2.05, 4.69) is 20.6 Å². The number of anilines is 3. The number of hydrogen-bond donors (Lipinski definition) is 2. The maximum absolute atomic E-state index is 14.6. The van der Waals surface area contributed by atoms with Crippen LogP contribution in [0.25, 0.3) is 11.2 Å². The molecule has 3 fully saturated rings. The molecule has 2 saturated carbocycles. The third-order valence-corrected chi connectivity index (χ3v) is 7.66. The maximum Gasteiger partial charge on any atom is 0.224 e. The van der Waals surface area contributed by atoms with Gasteiger partial charge in [0.15, 0.2) is 17.3 Å². The minimum absolute atomic E-state index is 0.0474. The smallest absolute Gasteiger partial charge is 0.224 e. The monoisotopic (exact) mass is 529 g/mol. The van der Waals surface area contributed by atoms with Crippen molar-refractivity contribution in [3.63, 3.8) is 0 Å². The van der Waals surface area contributed by atoms with Crippen molar-refractivity contribution in [2.75, 3.05) is 30.5 Å². The van der Waals surface area contributed by atoms with Crippen molar-refractivity contribution < 1.29 is 22.7 Å². The molecule has 2 aliphatic carbocycles. The van der Waals surface area contributed by atoms with E-state index in [9.17, 15) is 18.0 Å². The number of carbonyl (C=O) groups is 1. The van der Waals surface area contributed by atoms with Gasteiger partial charge >= 0.3 is 0 Å². The van der Waals surface area contributed by atoms with Crippen molar-refractivity contribution in [2.45, 2.75) is 63.1 Å². The molecular formula is C26H30F3N7O2. The lowest BCUT2D eigenvalue weighted by Gasteiger charge is -2.28. The highest BCUT2D eigenvalue weighted by molar-refractivity contribution is 5.79. The molecule has 3 aliphatic rings. The first-order valence-corrected chi connectivity index (χ1v) is 13.1. The van der Waals surface area contributed by atoms with E-state index in [1.165, 1.54) is 11.9 Å². The number of benzene rings is 1. The molecule has 1 saturated heterocycles. The average molecular weight is 530 g/mol. The summed E-state index contributed by atoms with van der Waals surface area (Å²) in [4.78, 5) is 27.4. The highest BCUT2D eigenvalue weighted by Gasteiger charge is 2.32. The van der Waals surface area contributed by atoms with Crippen LogP contribution in [0.2, 0.25) is 0 Å². The van der Waals surface area contributed by atoms with Gasteiger partial charge in [-0.1, -0.05) is 0 Å². The standard InChI is InChI=1S/C26H30F3N7O2/c1-35(22-19(28)10-15(27)11-20(22)29)26-33-21-12-30-25(34-23(21)36(26)18-8-9-38-13-18)32-17-4-2-14(3-5-17)24(37)31-16-6-7-16/h10-12,14,16-18H,2-9,13H2,1H3,(H,31,37)(H,30,32,34). The van der Waals surface area contributed by atoms with E-state index in [1.54, 1.807) is 6.20 Å². The molecule has 38 heavy (non-hydrogen) atoms. The molecule has 6 rings (SSSR count). The van der Waals surface area contributed by atoms with E-state index < -0.39 is 23.1 Å². The number of fused-ring (bicyclic) bond motifs is 1. The minimum atomic E-state index is -1.03. The van der Waals surface area contributed by atoms with Crippen LogP contribution in [0.15, 0.2) is 18.3 Å². The number of hydrogen-bond acceptors (Lipinski definition) is 7. The molecule has 3 aromatic rings. The molecule has 12 heteroatoms. The fourth-order valence-electron chi connectivity index (χ4n) is 5.43. The van der Waals surface area contributed by atoms with Crippen molar-refractivity contribution >= 4 is 34.7 Å². The first-order valence-electron chi connectivity index (χ1n) is 13.1. The number of nitrogens with zero attached hydrogens (tertiary/aromatic N) is 5. The summed E-state index contributed by atoms with van der Waals surface area (Å²) < 4.78 is 50.2. The molecule has 1 aromatic carbocycles. The van der Waals surface area contributed by atoms with Gasteiger partial charge in [-0.05, 0) is 44.9 Å². The van der Waals surface area contributed by atoms with Gasteiger partial charge in [0.25, 0.3) is 0 Å². The molecule has 0 spiro atoms. The predicted molar refractivity (Wildman–Crippen MR) is 135 cm³/mol. The van der Waals surface area contributed by atoms with Crippen LogP contribution in [-0.4, -0.2) is 57.8 Å². The molecule has 3 heterocycles. The highest BCUT2D eigenvalue weighted by atomic mass is 19.1. The molecule has 1 aliphatic heterocycles. The second-order valence-corrected chi connectivity index (χ2v) is 10.5. The number of aromatic nitrogens is 4. The molecule has 2 N–H and O–H groups in total. The number of imidazole rings is 1. The Kier molecular flexibility index (Phi) is 6.58. The maximum atomic E-state index is 14.6. The van der Waals surface area contributed by atoms with Gasteiger partial charge in [-0.15, -0.1) is 0 Å². The fourth-order valence-corrected chi connectivity index (χ4v) is 5.43. The zero-order valence-corrected chi connectivity index (χ0v) is 21.1. The fraction of sp³-hybridized carbons (Fsp3) is 0.538. The number of carbonyl (C=O) groups excluding carboxylic acids is 1. The summed E-state index contributed by atoms with van der Waals surface area (Å²) >= 11 is 0. The van der Waals surface area contributed by atoms with E-state index in [1.807, 2.05) is 4.57 Å². The van der Waals surface area contributed by atoms with E-state index in [-0.39, 0.29) is 29.9 Å². The molecule has 1 amide bonds. The number of amides is 1. The van der Waals surface area contributed by atoms with Crippen LogP contribution >= 0.6 is 0 Å². The van der Waals surface area contributed by atoms with Crippen molar-refractivity contribution in [1.82, 2.24) is 24.8 Å². The molecule has 0 bridgehead atoms. The summed E-state index contributed by atoms with van der Waals surface area (Å²) in [5.74, 6) is -2.15. The Balaban J connectivity index is 1.26. The first-order chi connectivity index (χ1) is 18.4. The summed E-state index contributed by atoms with van der Waals surface area (Å²) in [5.41, 5.74) is 0.573. The number of halogens is 3. The van der Waals surface area contributed by atoms with E-state index in [4.69, 9.17) is 9.72 Å². The van der Waals surface area contributed by atoms with E-state index in [0.29, 0.717) is 54.9 Å². The number of nitrogens with one attached hydrogen (secondary N) is 2. The van der Waals surface area contributed by atoms with Gasteiger partial charge in [0.05, 0.1) is 18.8 Å². The van der Waals surface area contributed by atoms with Crippen molar-refractivity contribution in [3.8, 4) is 0 Å². The lowest BCUT2D eigenvalue weighted by atomic mass is 9.85. The third-order valence-electron chi connectivity index (χ3n) is 7.66. The van der Waals surface area contributed by atoms with Gasteiger partial charge in [-0.25, -0.2) is 23.1 Å². The van der Waals surface area contributed by atoms with E-state index >= 15 is 0 Å². The van der Waals surface area contributed by atoms with Gasteiger partial charge in [0.2, 0.25) is 17.8 Å². The lowest BCUT2D eigenvalue weighted by molar-refractivity contribution is -0.126. The second kappa shape index (κ2) is 10.0. The number of ether oxygens (including phenoxy) is 1. The number of rotatable bonds is 7. The van der Waals surface area contributed by atoms with Crippen molar-refractivity contribution in [1.29, 1.82) is 0 Å². The summed E-state index contributed by atoms with van der Waals surface area (Å²) in [6, 6.07) is 1.65. The minimum Gasteiger partial charge on any atom is -0.379 e. The van der Waals surface area contributed by atoms with Crippen LogP contribution in [0, 0.1) is 23.4 Å². The molecule has 1 unspecified atom stereocenters. The third kappa shape index (κ3) is 4.89. The predicted octanol–water partition coefficient (Wildman–Crippen LogP) is 4.22. The van der Waals surface area contributed by atoms with Crippen molar-refractivity contribution in [2.24, 2.45) is 5.92 Å². The average Bonchev–Trinajstić information content (AvgIpc) is 3.38. The summed E-state index contributed by atoms with van der Waals surface area (Å²) in [5, 5.41) is 6.50. The van der Waals surface area contributed by atoms with Crippen molar-refractivity contribution in [3.05, 3.63) is 35.8 Å². The van der Waals surface area contributed by atoms with Crippen LogP contribution in [0.1, 0.15) is 51.0 Å². The summed E-state index contributed by atoms with van der Waals surface area (Å²) in [6.07, 6.45) is 7.70. The molecule has 1 atom stereocenters. The van der Waals surface area contributed by atoms with Gasteiger partial charge in [0, 0.05) is 43.8 Å². The van der Waals surface area contributed by atoms with Crippen LogP contribution in [0.5, 0.6) is 0 Å². The zero-order chi connectivity index (χ0) is 26.4. The van der Waals surface area contributed by atoms with Gasteiger partial charge in [-0.3, -0.25) is 9.36 Å². The normalized spacial score (nSPS) is 23.5. The Hall–Kier alpha value is -3.41. The van der Waals surface area contributed by atoms with Gasteiger partial charge in [-0.2, -0.15) is 4.98 Å². The second-order valence-electron chi connectivity index (χ2n) is 10.5. The Morgan fingerprint density at radius 1 is 1.03 bits per heavy atom. The molecule has 2 aromatic heterocycles. The zero-order valence-electron chi connectivity index (χ0n) is 21.1. The van der Waals surface area contributed by atoms with Gasteiger partial charge in [0.1, 0.15) is 17.0 Å². The van der Waals surface area contributed by atoms with Crippen LogP contribution < -0.4 is 15.5 Å².